The van der Waals surface area contributed by atoms with E-state index < -0.39 is 23.0 Å². The van der Waals surface area contributed by atoms with Crippen LogP contribution in [0.4, 0.5) is 26.3 Å². The average molecular weight is 246 g/mol. The maximum Gasteiger partial charge on any atom is 0.370 e. The van der Waals surface area contributed by atoms with Crippen molar-refractivity contribution in [3.8, 4) is 0 Å². The molecule has 68 valence electrons. The van der Waals surface area contributed by atoms with Crippen LogP contribution in [-0.4, -0.2) is 23.0 Å². The zero-order valence-corrected chi connectivity index (χ0v) is 6.33. The van der Waals surface area contributed by atoms with Gasteiger partial charge in [-0.05, 0) is 0 Å². The van der Waals surface area contributed by atoms with E-state index >= 15 is 0 Å². The van der Waals surface area contributed by atoms with Gasteiger partial charge < -0.3 is 0 Å². The summed E-state index contributed by atoms with van der Waals surface area (Å²) in [4.78, 5) is -5.96. The summed E-state index contributed by atoms with van der Waals surface area (Å²) in [6.07, 6.45) is 0. The first-order valence-corrected chi connectivity index (χ1v) is 2.97. The first-order valence-electron chi connectivity index (χ1n) is 2.18. The van der Waals surface area contributed by atoms with E-state index in [2.05, 4.69) is 0 Å². The molecule has 0 fully saturated rings. The van der Waals surface area contributed by atoms with Gasteiger partial charge in [0.2, 0.25) is 0 Å². The maximum atomic E-state index is 11.8. The van der Waals surface area contributed by atoms with Gasteiger partial charge in [-0.15, -0.1) is 4.90 Å². The Hall–Kier alpha value is 0.0200. The molecule has 0 aromatic heterocycles. The highest BCUT2D eigenvalue weighted by atomic mass is 79.9. The molecule has 0 N–H and O–H groups in total. The van der Waals surface area contributed by atoms with E-state index in [0.717, 1.165) is 0 Å². The lowest BCUT2D eigenvalue weighted by atomic mass is 10.8. The average Bonchev–Trinajstić information content (AvgIpc) is 1.54. The molecule has 0 unspecified atom stereocenters. The molecule has 0 aliphatic rings. The third-order valence-electron chi connectivity index (χ3n) is 0.713. The van der Waals surface area contributed by atoms with Crippen molar-refractivity contribution in [3.63, 3.8) is 0 Å². The normalized spacial score (nSPS) is 13.6. The third-order valence-corrected chi connectivity index (χ3v) is 1.12. The highest BCUT2D eigenvalue weighted by molar-refractivity contribution is 9.09. The largest absolute Gasteiger partial charge is 0.370 e. The van der Waals surface area contributed by atoms with Crippen LogP contribution >= 0.6 is 15.9 Å². The Morgan fingerprint density at radius 2 is 1.27 bits per heavy atom. The zero-order valence-electron chi connectivity index (χ0n) is 4.75. The molecule has 0 aromatic rings. The second-order valence-corrected chi connectivity index (χ2v) is 2.38. The van der Waals surface area contributed by atoms with Crippen molar-refractivity contribution < 1.29 is 26.3 Å². The lowest BCUT2D eigenvalue weighted by Gasteiger charge is -2.23. The molecule has 11 heavy (non-hydrogen) atoms. The predicted octanol–water partition coefficient (Wildman–Crippen LogP) is 2.68. The molecular weight excluding hydrogens is 244 g/mol. The number of hydrogen-bond acceptors (Lipinski definition) is 1. The molecule has 0 spiro atoms. The minimum Gasteiger partial charge on any atom is -0.191 e. The molecule has 0 aromatic carbocycles. The zero-order chi connectivity index (χ0) is 9.23. The molecule has 1 nitrogen and oxygen atoms in total. The lowest BCUT2D eigenvalue weighted by molar-refractivity contribution is -0.236. The van der Waals surface area contributed by atoms with Crippen LogP contribution in [0.5, 0.6) is 0 Å². The SMILES string of the molecule is FC(F)N(C(F)F)C(F)(F)Br. The molecule has 0 aliphatic carbocycles. The second kappa shape index (κ2) is 3.61. The summed E-state index contributed by atoms with van der Waals surface area (Å²) in [6, 6.07) is 0. The Morgan fingerprint density at radius 3 is 1.27 bits per heavy atom. The fourth-order valence-corrected chi connectivity index (χ4v) is 0.616. The van der Waals surface area contributed by atoms with E-state index in [0.29, 0.717) is 0 Å². The summed E-state index contributed by atoms with van der Waals surface area (Å²) in [5.74, 6) is 0. The molecule has 0 heterocycles. The number of rotatable bonds is 3. The molecule has 0 rings (SSSR count). The molecule has 8 heteroatoms. The Kier molecular flexibility index (Phi) is 3.62. The number of hydrogen-bond donors (Lipinski definition) is 0. The van der Waals surface area contributed by atoms with Crippen molar-refractivity contribution in [2.24, 2.45) is 0 Å². The molecule has 0 radical (unpaired) electrons. The van der Waals surface area contributed by atoms with Gasteiger partial charge in [0.05, 0.1) is 0 Å². The van der Waals surface area contributed by atoms with Crippen molar-refractivity contribution in [3.05, 3.63) is 0 Å². The van der Waals surface area contributed by atoms with Gasteiger partial charge in [0, 0.05) is 15.9 Å². The van der Waals surface area contributed by atoms with Gasteiger partial charge in [-0.2, -0.15) is 26.3 Å². The van der Waals surface area contributed by atoms with Crippen molar-refractivity contribution >= 4 is 15.9 Å². The van der Waals surface area contributed by atoms with Crippen LogP contribution in [0.2, 0.25) is 0 Å². The number of nitrogens with zero attached hydrogens (tertiary/aromatic N) is 1. The van der Waals surface area contributed by atoms with Gasteiger partial charge in [-0.1, -0.05) is 0 Å². The summed E-state index contributed by atoms with van der Waals surface area (Å²) in [7, 11) is 0. The lowest BCUT2D eigenvalue weighted by Crippen LogP contribution is -2.44. The van der Waals surface area contributed by atoms with E-state index in [4.69, 9.17) is 0 Å². The van der Waals surface area contributed by atoms with Gasteiger partial charge >= 0.3 is 18.1 Å². The predicted molar refractivity (Wildman–Crippen MR) is 27.7 cm³/mol. The summed E-state index contributed by atoms with van der Waals surface area (Å²) in [5.41, 5.74) is 0. The highest BCUT2D eigenvalue weighted by Crippen LogP contribution is 2.32. The first-order chi connectivity index (χ1) is 4.76. The number of alkyl halides is 7. The third kappa shape index (κ3) is 3.28. The van der Waals surface area contributed by atoms with Crippen molar-refractivity contribution in [2.75, 3.05) is 0 Å². The summed E-state index contributed by atoms with van der Waals surface area (Å²) in [6.45, 7) is -7.83. The minimum absolute atomic E-state index is 1.38. The smallest absolute Gasteiger partial charge is 0.191 e. The van der Waals surface area contributed by atoms with E-state index in [1.54, 1.807) is 0 Å². The van der Waals surface area contributed by atoms with E-state index in [9.17, 15) is 26.3 Å². The van der Waals surface area contributed by atoms with Crippen LogP contribution < -0.4 is 0 Å². The van der Waals surface area contributed by atoms with Crippen LogP contribution in [0, 0.1) is 0 Å². The monoisotopic (exact) mass is 245 g/mol. The second-order valence-electron chi connectivity index (χ2n) is 1.43. The molecular formula is C3H2BrF6N. The van der Waals surface area contributed by atoms with Crippen LogP contribution in [-0.2, 0) is 0 Å². The quantitative estimate of drug-likeness (QED) is 0.420. The maximum absolute atomic E-state index is 11.8. The number of halogens is 7. The Balaban J connectivity index is 4.35. The molecule has 0 saturated heterocycles. The summed E-state index contributed by atoms with van der Waals surface area (Å²) >= 11 is 1.38. The van der Waals surface area contributed by atoms with Crippen LogP contribution in [0.25, 0.3) is 0 Å². The summed E-state index contributed by atoms with van der Waals surface area (Å²) < 4.78 is 69.1. The molecule has 0 amide bonds. The fourth-order valence-electron chi connectivity index (χ4n) is 0.306. The Morgan fingerprint density at radius 1 is 1.00 bits per heavy atom. The Labute approximate surface area is 66.1 Å². The standard InChI is InChI=1S/C3H2BrF6N/c4-3(9,10)11(1(5)6)2(7)8/h1-2H. The molecule has 0 bridgehead atoms. The van der Waals surface area contributed by atoms with E-state index in [1.165, 1.54) is 15.9 Å². The van der Waals surface area contributed by atoms with Gasteiger partial charge in [-0.3, -0.25) is 0 Å². The minimum atomic E-state index is -4.39. The molecule has 0 atom stereocenters. The van der Waals surface area contributed by atoms with E-state index in [1.807, 2.05) is 0 Å². The van der Waals surface area contributed by atoms with E-state index in [-0.39, 0.29) is 0 Å². The van der Waals surface area contributed by atoms with Gasteiger partial charge in [0.1, 0.15) is 0 Å². The van der Waals surface area contributed by atoms with Crippen LogP contribution in [0.1, 0.15) is 0 Å². The highest BCUT2D eigenvalue weighted by Gasteiger charge is 2.45. The fraction of sp³-hybridized carbons (Fsp3) is 1.00. The van der Waals surface area contributed by atoms with Crippen LogP contribution in [0.15, 0.2) is 0 Å². The van der Waals surface area contributed by atoms with Gasteiger partial charge in [-0.25, -0.2) is 0 Å². The Bertz CT molecular complexity index is 113. The summed E-state index contributed by atoms with van der Waals surface area (Å²) in [5, 5.41) is 0. The van der Waals surface area contributed by atoms with Gasteiger partial charge in [0.15, 0.2) is 0 Å². The van der Waals surface area contributed by atoms with Crippen molar-refractivity contribution in [1.82, 2.24) is 4.90 Å². The molecule has 0 saturated carbocycles. The van der Waals surface area contributed by atoms with Crippen molar-refractivity contribution in [2.45, 2.75) is 18.1 Å². The first kappa shape index (κ1) is 11.0. The van der Waals surface area contributed by atoms with Gasteiger partial charge in [0.25, 0.3) is 0 Å². The topological polar surface area (TPSA) is 3.24 Å². The van der Waals surface area contributed by atoms with Crippen molar-refractivity contribution in [1.29, 1.82) is 0 Å². The van der Waals surface area contributed by atoms with Crippen LogP contribution in [0.3, 0.4) is 0 Å². The molecule has 0 aliphatic heterocycles.